The molecule has 1 aliphatic rings. The van der Waals surface area contributed by atoms with Crippen LogP contribution in [0.2, 0.25) is 0 Å². The molecule has 0 radical (unpaired) electrons. The minimum absolute atomic E-state index is 0.164. The third-order valence-corrected chi connectivity index (χ3v) is 3.50. The Morgan fingerprint density at radius 2 is 2.33 bits per heavy atom. The van der Waals surface area contributed by atoms with Crippen LogP contribution in [-0.2, 0) is 22.0 Å². The van der Waals surface area contributed by atoms with E-state index in [4.69, 9.17) is 4.74 Å². The van der Waals surface area contributed by atoms with Gasteiger partial charge in [0.25, 0.3) is 0 Å². The van der Waals surface area contributed by atoms with E-state index in [9.17, 15) is 4.79 Å². The van der Waals surface area contributed by atoms with E-state index in [1.54, 1.807) is 6.20 Å². The molecule has 0 amide bonds. The van der Waals surface area contributed by atoms with E-state index in [1.807, 2.05) is 30.7 Å². The molecule has 1 aliphatic carbocycles. The van der Waals surface area contributed by atoms with Gasteiger partial charge in [0.2, 0.25) is 0 Å². The lowest BCUT2D eigenvalue weighted by atomic mass is 10.1. The van der Waals surface area contributed by atoms with Gasteiger partial charge in [0.1, 0.15) is 11.2 Å². The Kier molecular flexibility index (Phi) is 2.36. The predicted octanol–water partition coefficient (Wildman–Crippen LogP) is 1.56. The van der Waals surface area contributed by atoms with Gasteiger partial charge in [-0.3, -0.25) is 4.79 Å². The molecule has 0 aliphatic heterocycles. The van der Waals surface area contributed by atoms with Crippen LogP contribution in [0.3, 0.4) is 0 Å². The van der Waals surface area contributed by atoms with E-state index < -0.39 is 5.41 Å². The van der Waals surface area contributed by atoms with Gasteiger partial charge in [0, 0.05) is 13.2 Å². The third-order valence-electron chi connectivity index (χ3n) is 3.50. The van der Waals surface area contributed by atoms with Gasteiger partial charge in [-0.05, 0) is 31.9 Å². The van der Waals surface area contributed by atoms with Crippen molar-refractivity contribution in [2.75, 3.05) is 6.61 Å². The number of aryl methyl sites for hydroxylation is 1. The van der Waals surface area contributed by atoms with Crippen molar-refractivity contribution in [2.24, 2.45) is 7.05 Å². The molecule has 0 atom stereocenters. The first-order valence-corrected chi connectivity index (χ1v) is 6.14. The lowest BCUT2D eigenvalue weighted by Crippen LogP contribution is -2.26. The normalized spacial score (nSPS) is 16.8. The lowest BCUT2D eigenvalue weighted by molar-refractivity contribution is -0.146. The first kappa shape index (κ1) is 11.2. The fourth-order valence-corrected chi connectivity index (χ4v) is 2.37. The molecule has 0 N–H and O–H groups in total. The summed E-state index contributed by atoms with van der Waals surface area (Å²) in [5, 5.41) is 0. The van der Waals surface area contributed by atoms with Crippen LogP contribution in [0.5, 0.6) is 0 Å². The van der Waals surface area contributed by atoms with Crippen LogP contribution in [0, 0.1) is 0 Å². The number of ether oxygens (including phenoxy) is 1. The van der Waals surface area contributed by atoms with Gasteiger partial charge in [-0.1, -0.05) is 0 Å². The van der Waals surface area contributed by atoms with E-state index in [-0.39, 0.29) is 5.97 Å². The van der Waals surface area contributed by atoms with Gasteiger partial charge >= 0.3 is 5.97 Å². The smallest absolute Gasteiger partial charge is 0.319 e. The summed E-state index contributed by atoms with van der Waals surface area (Å²) in [5.74, 6) is 0.609. The number of aromatic nitrogens is 3. The molecule has 5 nitrogen and oxygen atoms in total. The molecular formula is C13H15N3O2. The number of fused-ring (bicyclic) bond motifs is 1. The minimum Gasteiger partial charge on any atom is -0.465 e. The fourth-order valence-electron chi connectivity index (χ4n) is 2.37. The maximum absolute atomic E-state index is 12.1. The second kappa shape index (κ2) is 3.80. The van der Waals surface area contributed by atoms with Crippen molar-refractivity contribution in [1.82, 2.24) is 14.5 Å². The monoisotopic (exact) mass is 245 g/mol. The van der Waals surface area contributed by atoms with Crippen LogP contribution in [0.25, 0.3) is 11.2 Å². The standard InChI is InChI=1S/C13H15N3O2/c1-3-18-12(17)13(6-7-13)11-15-10-9(16(11)2)5-4-8-14-10/h4-5,8H,3,6-7H2,1-2H3. The molecular weight excluding hydrogens is 230 g/mol. The van der Waals surface area contributed by atoms with Gasteiger partial charge in [-0.25, -0.2) is 9.97 Å². The Bertz CT molecular complexity index is 614. The molecule has 0 spiro atoms. The number of esters is 1. The van der Waals surface area contributed by atoms with Crippen molar-refractivity contribution in [3.63, 3.8) is 0 Å². The van der Waals surface area contributed by atoms with Crippen LogP contribution >= 0.6 is 0 Å². The Labute approximate surface area is 105 Å². The van der Waals surface area contributed by atoms with Crippen LogP contribution in [-0.4, -0.2) is 27.1 Å². The molecule has 1 saturated carbocycles. The van der Waals surface area contributed by atoms with Crippen LogP contribution < -0.4 is 0 Å². The molecule has 94 valence electrons. The average Bonchev–Trinajstić information content (AvgIpc) is 3.11. The van der Waals surface area contributed by atoms with Crippen molar-refractivity contribution < 1.29 is 9.53 Å². The summed E-state index contributed by atoms with van der Waals surface area (Å²) < 4.78 is 7.11. The zero-order valence-corrected chi connectivity index (χ0v) is 10.5. The lowest BCUT2D eigenvalue weighted by Gasteiger charge is -2.13. The SMILES string of the molecule is CCOC(=O)C1(c2nc3ncccc3n2C)CC1. The van der Waals surface area contributed by atoms with Crippen molar-refractivity contribution in [3.05, 3.63) is 24.2 Å². The number of pyridine rings is 1. The third kappa shape index (κ3) is 1.43. The molecule has 0 aromatic carbocycles. The number of imidazole rings is 1. The summed E-state index contributed by atoms with van der Waals surface area (Å²) in [6, 6.07) is 3.83. The van der Waals surface area contributed by atoms with Crippen LogP contribution in [0.4, 0.5) is 0 Å². The maximum atomic E-state index is 12.1. The molecule has 0 bridgehead atoms. The van der Waals surface area contributed by atoms with E-state index in [0.717, 1.165) is 24.2 Å². The first-order valence-electron chi connectivity index (χ1n) is 6.14. The zero-order valence-electron chi connectivity index (χ0n) is 10.5. The summed E-state index contributed by atoms with van der Waals surface area (Å²) in [4.78, 5) is 20.8. The highest BCUT2D eigenvalue weighted by atomic mass is 16.5. The number of carbonyl (C=O) groups excluding carboxylic acids is 1. The number of hydrogen-bond acceptors (Lipinski definition) is 4. The molecule has 18 heavy (non-hydrogen) atoms. The number of rotatable bonds is 3. The summed E-state index contributed by atoms with van der Waals surface area (Å²) in [6.07, 6.45) is 3.33. The number of hydrogen-bond donors (Lipinski definition) is 0. The highest BCUT2D eigenvalue weighted by molar-refractivity contribution is 5.87. The van der Waals surface area contributed by atoms with Crippen LogP contribution in [0.1, 0.15) is 25.6 Å². The molecule has 0 saturated heterocycles. The van der Waals surface area contributed by atoms with Crippen LogP contribution in [0.15, 0.2) is 18.3 Å². The Morgan fingerprint density at radius 3 is 2.94 bits per heavy atom. The predicted molar refractivity (Wildman–Crippen MR) is 66.1 cm³/mol. The van der Waals surface area contributed by atoms with E-state index in [1.165, 1.54) is 0 Å². The number of nitrogens with zero attached hydrogens (tertiary/aromatic N) is 3. The molecule has 2 heterocycles. The number of carbonyl (C=O) groups is 1. The van der Waals surface area contributed by atoms with E-state index in [2.05, 4.69) is 9.97 Å². The highest BCUT2D eigenvalue weighted by Gasteiger charge is 2.56. The van der Waals surface area contributed by atoms with Gasteiger partial charge in [0.15, 0.2) is 5.65 Å². The van der Waals surface area contributed by atoms with Gasteiger partial charge in [0.05, 0.1) is 12.1 Å². The minimum atomic E-state index is -0.536. The molecule has 2 aromatic heterocycles. The molecule has 3 rings (SSSR count). The average molecular weight is 245 g/mol. The highest BCUT2D eigenvalue weighted by Crippen LogP contribution is 2.49. The van der Waals surface area contributed by atoms with E-state index in [0.29, 0.717) is 12.3 Å². The molecule has 1 fully saturated rings. The summed E-state index contributed by atoms with van der Waals surface area (Å²) in [5.41, 5.74) is 1.10. The zero-order chi connectivity index (χ0) is 12.8. The quantitative estimate of drug-likeness (QED) is 0.770. The van der Waals surface area contributed by atoms with Crippen molar-refractivity contribution >= 4 is 17.1 Å². The Hall–Kier alpha value is -1.91. The Morgan fingerprint density at radius 1 is 1.56 bits per heavy atom. The fraction of sp³-hybridized carbons (Fsp3) is 0.462. The molecule has 5 heteroatoms. The Balaban J connectivity index is 2.10. The maximum Gasteiger partial charge on any atom is 0.319 e. The van der Waals surface area contributed by atoms with Crippen molar-refractivity contribution in [1.29, 1.82) is 0 Å². The second-order valence-electron chi connectivity index (χ2n) is 4.64. The van der Waals surface area contributed by atoms with Gasteiger partial charge < -0.3 is 9.30 Å². The largest absolute Gasteiger partial charge is 0.465 e. The van der Waals surface area contributed by atoms with Gasteiger partial charge in [-0.2, -0.15) is 0 Å². The van der Waals surface area contributed by atoms with Crippen molar-refractivity contribution in [3.8, 4) is 0 Å². The topological polar surface area (TPSA) is 57.0 Å². The summed E-state index contributed by atoms with van der Waals surface area (Å²) >= 11 is 0. The summed E-state index contributed by atoms with van der Waals surface area (Å²) in [7, 11) is 1.92. The molecule has 2 aromatic rings. The summed E-state index contributed by atoms with van der Waals surface area (Å²) in [6.45, 7) is 2.23. The second-order valence-corrected chi connectivity index (χ2v) is 4.64. The van der Waals surface area contributed by atoms with Gasteiger partial charge in [-0.15, -0.1) is 0 Å². The van der Waals surface area contributed by atoms with Crippen molar-refractivity contribution in [2.45, 2.75) is 25.2 Å². The molecule has 0 unspecified atom stereocenters. The van der Waals surface area contributed by atoms with E-state index >= 15 is 0 Å². The first-order chi connectivity index (χ1) is 8.69.